The smallest absolute Gasteiger partial charge is 0.190 e. The highest BCUT2D eigenvalue weighted by atomic mass is 16.8. The second-order valence-corrected chi connectivity index (χ2v) is 6.21. The number of fused-ring (bicyclic) bond motifs is 1. The van der Waals surface area contributed by atoms with Crippen LogP contribution in [0.1, 0.15) is 45.8 Å². The van der Waals surface area contributed by atoms with Crippen LogP contribution in [0.3, 0.4) is 0 Å². The average molecular weight is 326 g/mol. The molecule has 0 bridgehead atoms. The maximum absolute atomic E-state index is 6.10. The monoisotopic (exact) mass is 326 g/mol. The molecule has 0 aliphatic carbocycles. The predicted molar refractivity (Wildman–Crippen MR) is 82.1 cm³/mol. The number of furan rings is 1. The molecule has 2 aliphatic rings. The number of hydrogen-bond acceptors (Lipinski definition) is 6. The van der Waals surface area contributed by atoms with Crippen LogP contribution in [-0.2, 0) is 25.6 Å². The molecule has 6 nitrogen and oxygen atoms in total. The first-order valence-electron chi connectivity index (χ1n) is 8.33. The SMILES string of the molecule is CCC[C@H]1O[C@@H]2OC(C)(CC)O[C@@H]2[C@H]1OCc1occc1OC. The summed E-state index contributed by atoms with van der Waals surface area (Å²) in [7, 11) is 1.61. The van der Waals surface area contributed by atoms with Gasteiger partial charge in [0.15, 0.2) is 23.6 Å². The van der Waals surface area contributed by atoms with Gasteiger partial charge in [0.05, 0.1) is 19.5 Å². The molecular weight excluding hydrogens is 300 g/mol. The summed E-state index contributed by atoms with van der Waals surface area (Å²) in [6.07, 6.45) is 3.50. The molecule has 6 heteroatoms. The third kappa shape index (κ3) is 3.26. The van der Waals surface area contributed by atoms with E-state index in [1.807, 2.05) is 13.8 Å². The summed E-state index contributed by atoms with van der Waals surface area (Å²) in [5.74, 6) is 0.758. The third-order valence-corrected chi connectivity index (χ3v) is 4.56. The number of rotatable bonds is 7. The predicted octanol–water partition coefficient (Wildman–Crippen LogP) is 3.24. The number of ether oxygens (including phenoxy) is 5. The summed E-state index contributed by atoms with van der Waals surface area (Å²) in [5, 5.41) is 0. The Labute approximate surface area is 137 Å². The van der Waals surface area contributed by atoms with Crippen molar-refractivity contribution in [3.8, 4) is 5.75 Å². The van der Waals surface area contributed by atoms with E-state index in [2.05, 4.69) is 6.92 Å². The van der Waals surface area contributed by atoms with E-state index in [-0.39, 0.29) is 24.6 Å². The highest BCUT2D eigenvalue weighted by Gasteiger charge is 2.55. The summed E-state index contributed by atoms with van der Waals surface area (Å²) in [6, 6.07) is 1.78. The summed E-state index contributed by atoms with van der Waals surface area (Å²) in [4.78, 5) is 0. The summed E-state index contributed by atoms with van der Waals surface area (Å²) >= 11 is 0. The van der Waals surface area contributed by atoms with E-state index >= 15 is 0 Å². The molecule has 3 rings (SSSR count). The zero-order chi connectivity index (χ0) is 16.4. The Morgan fingerprint density at radius 2 is 2.09 bits per heavy atom. The molecule has 0 spiro atoms. The Bertz CT molecular complexity index is 515. The molecule has 3 heterocycles. The lowest BCUT2D eigenvalue weighted by Gasteiger charge is -2.27. The fraction of sp³-hybridized carbons (Fsp3) is 0.765. The van der Waals surface area contributed by atoms with Crippen LogP contribution in [0.4, 0.5) is 0 Å². The van der Waals surface area contributed by atoms with Crippen LogP contribution in [0, 0.1) is 0 Å². The molecule has 2 fully saturated rings. The van der Waals surface area contributed by atoms with Gasteiger partial charge in [0, 0.05) is 6.07 Å². The van der Waals surface area contributed by atoms with Gasteiger partial charge in [-0.05, 0) is 19.8 Å². The quantitative estimate of drug-likeness (QED) is 0.766. The summed E-state index contributed by atoms with van der Waals surface area (Å²) < 4.78 is 34.8. The van der Waals surface area contributed by atoms with Crippen LogP contribution in [0.2, 0.25) is 0 Å². The van der Waals surface area contributed by atoms with Crippen molar-refractivity contribution in [1.29, 1.82) is 0 Å². The zero-order valence-corrected chi connectivity index (χ0v) is 14.2. The fourth-order valence-corrected chi connectivity index (χ4v) is 3.15. The van der Waals surface area contributed by atoms with E-state index in [0.717, 1.165) is 19.3 Å². The van der Waals surface area contributed by atoms with E-state index in [1.165, 1.54) is 0 Å². The number of hydrogen-bond donors (Lipinski definition) is 0. The van der Waals surface area contributed by atoms with Gasteiger partial charge >= 0.3 is 0 Å². The van der Waals surface area contributed by atoms with Gasteiger partial charge in [-0.25, -0.2) is 0 Å². The first-order valence-corrected chi connectivity index (χ1v) is 8.33. The molecular formula is C17H26O6. The molecule has 0 amide bonds. The second-order valence-electron chi connectivity index (χ2n) is 6.21. The summed E-state index contributed by atoms with van der Waals surface area (Å²) in [6.45, 7) is 6.42. The Hall–Kier alpha value is -1.08. The van der Waals surface area contributed by atoms with Gasteiger partial charge < -0.3 is 28.1 Å². The molecule has 0 aromatic carbocycles. The lowest BCUT2D eigenvalue weighted by molar-refractivity contribution is -0.230. The molecule has 1 aromatic heterocycles. The minimum absolute atomic E-state index is 0.0302. The average Bonchev–Trinajstić information content (AvgIpc) is 3.19. The molecule has 130 valence electrons. The van der Waals surface area contributed by atoms with Crippen LogP contribution < -0.4 is 4.74 Å². The van der Waals surface area contributed by atoms with Crippen molar-refractivity contribution in [3.05, 3.63) is 18.1 Å². The molecule has 23 heavy (non-hydrogen) atoms. The van der Waals surface area contributed by atoms with Crippen LogP contribution >= 0.6 is 0 Å². The van der Waals surface area contributed by atoms with E-state index in [1.54, 1.807) is 19.4 Å². The zero-order valence-electron chi connectivity index (χ0n) is 14.2. The highest BCUT2D eigenvalue weighted by molar-refractivity contribution is 5.23. The van der Waals surface area contributed by atoms with Gasteiger partial charge in [-0.2, -0.15) is 0 Å². The van der Waals surface area contributed by atoms with Crippen molar-refractivity contribution >= 4 is 0 Å². The van der Waals surface area contributed by atoms with Crippen molar-refractivity contribution in [2.75, 3.05) is 7.11 Å². The topological polar surface area (TPSA) is 59.3 Å². The lowest BCUT2D eigenvalue weighted by Crippen LogP contribution is -2.37. The van der Waals surface area contributed by atoms with Gasteiger partial charge in [0.1, 0.15) is 18.8 Å². The van der Waals surface area contributed by atoms with Gasteiger partial charge in [-0.1, -0.05) is 20.3 Å². The van der Waals surface area contributed by atoms with E-state index in [0.29, 0.717) is 18.1 Å². The van der Waals surface area contributed by atoms with E-state index in [9.17, 15) is 0 Å². The van der Waals surface area contributed by atoms with E-state index in [4.69, 9.17) is 28.1 Å². The number of methoxy groups -OCH3 is 1. The lowest BCUT2D eigenvalue weighted by atomic mass is 10.1. The molecule has 5 atom stereocenters. The minimum atomic E-state index is -0.601. The maximum Gasteiger partial charge on any atom is 0.190 e. The van der Waals surface area contributed by atoms with Crippen molar-refractivity contribution in [2.45, 2.75) is 77.0 Å². The van der Waals surface area contributed by atoms with Gasteiger partial charge in [-0.15, -0.1) is 0 Å². The first-order chi connectivity index (χ1) is 11.1. The maximum atomic E-state index is 6.10. The molecule has 2 saturated heterocycles. The minimum Gasteiger partial charge on any atom is -0.493 e. The van der Waals surface area contributed by atoms with Crippen LogP contribution in [0.15, 0.2) is 16.7 Å². The molecule has 0 radical (unpaired) electrons. The third-order valence-electron chi connectivity index (χ3n) is 4.56. The second kappa shape index (κ2) is 6.81. The Kier molecular flexibility index (Phi) is 4.96. The Morgan fingerprint density at radius 3 is 2.78 bits per heavy atom. The summed E-state index contributed by atoms with van der Waals surface area (Å²) in [5.41, 5.74) is 0. The highest BCUT2D eigenvalue weighted by Crippen LogP contribution is 2.41. The van der Waals surface area contributed by atoms with Crippen LogP contribution in [0.25, 0.3) is 0 Å². The Balaban J connectivity index is 1.69. The Morgan fingerprint density at radius 1 is 1.26 bits per heavy atom. The standard InChI is InChI=1S/C17H26O6/c1-5-7-12-14(20-10-13-11(18-4)8-9-19-13)15-16(21-12)23-17(3,6-2)22-15/h8-9,12,14-16H,5-7,10H2,1-4H3/t12-,14+,15-,16-,17?/m1/s1. The van der Waals surface area contributed by atoms with Gasteiger partial charge in [0.2, 0.25) is 0 Å². The molecule has 0 N–H and O–H groups in total. The molecule has 0 saturated carbocycles. The van der Waals surface area contributed by atoms with Crippen LogP contribution in [0.5, 0.6) is 5.75 Å². The molecule has 1 aromatic rings. The van der Waals surface area contributed by atoms with Crippen molar-refractivity contribution in [2.24, 2.45) is 0 Å². The van der Waals surface area contributed by atoms with Crippen molar-refractivity contribution < 1.29 is 28.1 Å². The largest absolute Gasteiger partial charge is 0.493 e. The first kappa shape index (κ1) is 16.8. The molecule has 2 aliphatic heterocycles. The fourth-order valence-electron chi connectivity index (χ4n) is 3.15. The normalized spacial score (nSPS) is 36.3. The van der Waals surface area contributed by atoms with E-state index < -0.39 is 5.79 Å². The van der Waals surface area contributed by atoms with Gasteiger partial charge in [-0.3, -0.25) is 0 Å². The van der Waals surface area contributed by atoms with Crippen molar-refractivity contribution in [3.63, 3.8) is 0 Å². The molecule has 1 unspecified atom stereocenters. The van der Waals surface area contributed by atoms with Crippen LogP contribution in [-0.4, -0.2) is 37.5 Å². The van der Waals surface area contributed by atoms with Gasteiger partial charge in [0.25, 0.3) is 0 Å². The van der Waals surface area contributed by atoms with Crippen molar-refractivity contribution in [1.82, 2.24) is 0 Å².